The lowest BCUT2D eigenvalue weighted by Gasteiger charge is -2.10. The second-order valence-electron chi connectivity index (χ2n) is 8.57. The molecule has 39 heavy (non-hydrogen) atoms. The fourth-order valence-corrected chi connectivity index (χ4v) is 4.47. The van der Waals surface area contributed by atoms with Crippen molar-refractivity contribution in [2.75, 3.05) is 0 Å². The first-order chi connectivity index (χ1) is 19.3. The van der Waals surface area contributed by atoms with E-state index in [-0.39, 0.29) is 0 Å². The van der Waals surface area contributed by atoms with Gasteiger partial charge in [-0.3, -0.25) is 23.7 Å². The predicted octanol–water partition coefficient (Wildman–Crippen LogP) is 2.91. The highest BCUT2D eigenvalue weighted by atomic mass is 15.3. The van der Waals surface area contributed by atoms with Crippen LogP contribution in [0.5, 0.6) is 0 Å². The number of fused-ring (bicyclic) bond motifs is 3. The number of aromatic amines is 2. The van der Waals surface area contributed by atoms with Crippen molar-refractivity contribution < 1.29 is 0 Å². The summed E-state index contributed by atoms with van der Waals surface area (Å²) in [5.41, 5.74) is 6.01. The molecule has 8 aromatic rings. The number of rotatable bonds is 5. The van der Waals surface area contributed by atoms with Crippen LogP contribution in [0, 0.1) is 0 Å². The summed E-state index contributed by atoms with van der Waals surface area (Å²) in [6, 6.07) is 7.68. The zero-order valence-electron chi connectivity index (χ0n) is 19.9. The maximum atomic E-state index is 4.85. The molecule has 0 radical (unpaired) electrons. The fourth-order valence-electron chi connectivity index (χ4n) is 4.47. The molecule has 14 nitrogen and oxygen atoms in total. The van der Waals surface area contributed by atoms with Gasteiger partial charge in [0, 0.05) is 31.0 Å². The largest absolute Gasteiger partial charge is 0.351 e. The Morgan fingerprint density at radius 3 is 1.95 bits per heavy atom. The van der Waals surface area contributed by atoms with Crippen molar-refractivity contribution in [3.05, 3.63) is 86.8 Å². The van der Waals surface area contributed by atoms with E-state index >= 15 is 0 Å². The Bertz CT molecular complexity index is 1930. The van der Waals surface area contributed by atoms with Gasteiger partial charge in [0.2, 0.25) is 17.8 Å². The number of imidazole rings is 4. The minimum absolute atomic E-state index is 0.365. The SMILES string of the molecule is c1cnc2c3ncccc3n(-c3nc(-n4cnc(-c5c[nH]cn5)c4)nc(-n4cnc(-c5cnc[nH]5)c4)n3)c2c1. The van der Waals surface area contributed by atoms with Crippen molar-refractivity contribution in [1.29, 1.82) is 0 Å². The van der Waals surface area contributed by atoms with Crippen LogP contribution in [0.2, 0.25) is 0 Å². The highest BCUT2D eigenvalue weighted by molar-refractivity contribution is 6.04. The van der Waals surface area contributed by atoms with E-state index in [1.807, 2.05) is 41.2 Å². The average Bonchev–Trinajstić information content (AvgIpc) is 3.80. The summed E-state index contributed by atoms with van der Waals surface area (Å²) >= 11 is 0. The molecule has 0 unspecified atom stereocenters. The van der Waals surface area contributed by atoms with Gasteiger partial charge < -0.3 is 9.97 Å². The Morgan fingerprint density at radius 2 is 1.31 bits per heavy atom. The first-order valence-corrected chi connectivity index (χ1v) is 11.8. The van der Waals surface area contributed by atoms with E-state index in [1.54, 1.807) is 59.2 Å². The standard InChI is InChI=1S/C25H16N14/c1-3-19-21(28-5-1)22-20(4-2-6-29-22)39(19)25-35-23(37-9-17(32-13-37)15-7-26-11-30-15)34-24(36-25)38-10-18(33-14-38)16-8-27-12-31-16/h1-14H,(H,26,30)(H,27,31). The number of hydrogen-bond acceptors (Lipinski definition) is 9. The second-order valence-corrected chi connectivity index (χ2v) is 8.57. The van der Waals surface area contributed by atoms with Crippen LogP contribution in [0.15, 0.2) is 86.8 Å². The molecule has 14 heteroatoms. The minimum Gasteiger partial charge on any atom is -0.351 e. The van der Waals surface area contributed by atoms with Gasteiger partial charge in [0.1, 0.15) is 40.8 Å². The van der Waals surface area contributed by atoms with E-state index in [0.717, 1.165) is 27.8 Å². The van der Waals surface area contributed by atoms with Gasteiger partial charge >= 0.3 is 0 Å². The molecular weight excluding hydrogens is 496 g/mol. The van der Waals surface area contributed by atoms with Gasteiger partial charge in [-0.25, -0.2) is 19.9 Å². The van der Waals surface area contributed by atoms with E-state index in [2.05, 4.69) is 39.9 Å². The molecule has 0 bridgehead atoms. The summed E-state index contributed by atoms with van der Waals surface area (Å²) in [4.78, 5) is 47.0. The first-order valence-electron chi connectivity index (χ1n) is 11.8. The molecule has 2 N–H and O–H groups in total. The third-order valence-corrected chi connectivity index (χ3v) is 6.24. The molecule has 0 aliphatic rings. The number of nitrogens with zero attached hydrogens (tertiary/aromatic N) is 12. The van der Waals surface area contributed by atoms with E-state index < -0.39 is 0 Å². The van der Waals surface area contributed by atoms with Crippen LogP contribution in [0.25, 0.3) is 62.7 Å². The van der Waals surface area contributed by atoms with Crippen molar-refractivity contribution in [3.8, 4) is 40.6 Å². The van der Waals surface area contributed by atoms with Crippen molar-refractivity contribution in [2.24, 2.45) is 0 Å². The zero-order valence-corrected chi connectivity index (χ0v) is 19.9. The lowest BCUT2D eigenvalue weighted by Crippen LogP contribution is -2.12. The summed E-state index contributed by atoms with van der Waals surface area (Å²) in [5.74, 6) is 1.12. The van der Waals surface area contributed by atoms with Crippen LogP contribution in [-0.4, -0.2) is 68.5 Å². The molecule has 8 rings (SSSR count). The number of nitrogens with one attached hydrogen (secondary N) is 2. The van der Waals surface area contributed by atoms with Crippen molar-refractivity contribution >= 4 is 22.1 Å². The van der Waals surface area contributed by atoms with Crippen LogP contribution in [0.3, 0.4) is 0 Å². The van der Waals surface area contributed by atoms with Gasteiger partial charge in [0.15, 0.2) is 0 Å². The van der Waals surface area contributed by atoms with Crippen LogP contribution in [-0.2, 0) is 0 Å². The summed E-state index contributed by atoms with van der Waals surface area (Å²) < 4.78 is 5.40. The molecular formula is C25H16N14. The summed E-state index contributed by atoms with van der Waals surface area (Å²) in [7, 11) is 0. The maximum absolute atomic E-state index is 4.85. The van der Waals surface area contributed by atoms with Gasteiger partial charge in [-0.15, -0.1) is 0 Å². The third-order valence-electron chi connectivity index (χ3n) is 6.24. The molecule has 0 aromatic carbocycles. The second kappa shape index (κ2) is 8.24. The summed E-state index contributed by atoms with van der Waals surface area (Å²) in [5, 5.41) is 0. The predicted molar refractivity (Wildman–Crippen MR) is 139 cm³/mol. The van der Waals surface area contributed by atoms with E-state index in [1.165, 1.54) is 0 Å². The highest BCUT2D eigenvalue weighted by Crippen LogP contribution is 2.28. The summed E-state index contributed by atoms with van der Waals surface area (Å²) in [6.07, 6.45) is 17.1. The normalized spacial score (nSPS) is 11.6. The number of hydrogen-bond donors (Lipinski definition) is 2. The Hall–Kier alpha value is -6.05. The Morgan fingerprint density at radius 1 is 0.641 bits per heavy atom. The maximum Gasteiger partial charge on any atom is 0.241 e. The van der Waals surface area contributed by atoms with Crippen LogP contribution >= 0.6 is 0 Å². The molecule has 0 saturated heterocycles. The topological polar surface area (TPSA) is 162 Å². The monoisotopic (exact) mass is 512 g/mol. The molecule has 0 saturated carbocycles. The van der Waals surface area contributed by atoms with Crippen LogP contribution in [0.4, 0.5) is 0 Å². The molecule has 0 amide bonds. The first kappa shape index (κ1) is 21.1. The van der Waals surface area contributed by atoms with Crippen molar-refractivity contribution in [2.45, 2.75) is 0 Å². The smallest absolute Gasteiger partial charge is 0.241 e. The van der Waals surface area contributed by atoms with Crippen molar-refractivity contribution in [3.63, 3.8) is 0 Å². The molecule has 8 heterocycles. The molecule has 0 atom stereocenters. The van der Waals surface area contributed by atoms with Crippen molar-refractivity contribution in [1.82, 2.24) is 68.5 Å². The fraction of sp³-hybridized carbons (Fsp3) is 0. The van der Waals surface area contributed by atoms with Crippen LogP contribution < -0.4 is 0 Å². The van der Waals surface area contributed by atoms with Crippen LogP contribution in [0.1, 0.15) is 0 Å². The minimum atomic E-state index is 0.365. The molecule has 0 aliphatic carbocycles. The van der Waals surface area contributed by atoms with Gasteiger partial charge in [-0.1, -0.05) is 0 Å². The van der Waals surface area contributed by atoms with Gasteiger partial charge in [0.05, 0.1) is 35.6 Å². The average molecular weight is 513 g/mol. The Kier molecular flexibility index (Phi) is 4.45. The molecule has 186 valence electrons. The molecule has 0 fully saturated rings. The quantitative estimate of drug-likeness (QED) is 0.353. The summed E-state index contributed by atoms with van der Waals surface area (Å²) in [6.45, 7) is 0. The van der Waals surface area contributed by atoms with E-state index in [4.69, 9.17) is 15.0 Å². The van der Waals surface area contributed by atoms with E-state index in [0.29, 0.717) is 34.9 Å². The van der Waals surface area contributed by atoms with Gasteiger partial charge in [0.25, 0.3) is 0 Å². The lowest BCUT2D eigenvalue weighted by molar-refractivity contribution is 0.810. The number of pyridine rings is 2. The number of aromatic nitrogens is 14. The van der Waals surface area contributed by atoms with Gasteiger partial charge in [-0.2, -0.15) is 15.0 Å². The highest BCUT2D eigenvalue weighted by Gasteiger charge is 2.19. The molecule has 0 aliphatic heterocycles. The lowest BCUT2D eigenvalue weighted by atomic mass is 10.3. The Balaban J connectivity index is 1.36. The van der Waals surface area contributed by atoms with Gasteiger partial charge in [-0.05, 0) is 24.3 Å². The molecule has 0 spiro atoms. The Labute approximate surface area is 218 Å². The number of H-pyrrole nitrogens is 2. The van der Waals surface area contributed by atoms with E-state index in [9.17, 15) is 0 Å². The third kappa shape index (κ3) is 3.39. The molecule has 8 aromatic heterocycles. The zero-order chi connectivity index (χ0) is 25.8.